The van der Waals surface area contributed by atoms with E-state index in [1.807, 2.05) is 18.2 Å². The Bertz CT molecular complexity index is 595. The Morgan fingerprint density at radius 1 is 1.11 bits per heavy atom. The molecule has 1 heterocycles. The zero-order valence-corrected chi connectivity index (χ0v) is 12.3. The Morgan fingerprint density at radius 3 is 2.74 bits per heavy atom. The maximum atomic E-state index is 5.46. The van der Waals surface area contributed by atoms with Crippen molar-refractivity contribution in [3.8, 4) is 5.75 Å². The van der Waals surface area contributed by atoms with Gasteiger partial charge in [0.05, 0.1) is 25.2 Å². The molecule has 1 aliphatic heterocycles. The molecule has 2 aromatic rings. The number of para-hydroxylation sites is 1. The predicted octanol–water partition coefficient (Wildman–Crippen LogP) is 4.21. The Balaban J connectivity index is 1.97. The zero-order valence-electron chi connectivity index (χ0n) is 10.7. The van der Waals surface area contributed by atoms with Crippen molar-refractivity contribution in [2.24, 2.45) is 0 Å². The molecule has 1 unspecified atom stereocenters. The third-order valence-electron chi connectivity index (χ3n) is 3.45. The van der Waals surface area contributed by atoms with E-state index in [9.17, 15) is 0 Å². The van der Waals surface area contributed by atoms with E-state index < -0.39 is 0 Å². The van der Waals surface area contributed by atoms with Crippen molar-refractivity contribution >= 4 is 15.9 Å². The van der Waals surface area contributed by atoms with Crippen LogP contribution in [0.3, 0.4) is 0 Å². The number of methoxy groups -OCH3 is 1. The first-order valence-electron chi connectivity index (χ1n) is 6.26. The number of fused-ring (bicyclic) bond motifs is 1. The highest BCUT2D eigenvalue weighted by atomic mass is 79.9. The minimum absolute atomic E-state index is 0.134. The van der Waals surface area contributed by atoms with Gasteiger partial charge in [-0.3, -0.25) is 0 Å². The number of benzene rings is 2. The molecule has 0 saturated heterocycles. The van der Waals surface area contributed by atoms with E-state index in [-0.39, 0.29) is 4.83 Å². The summed E-state index contributed by atoms with van der Waals surface area (Å²) >= 11 is 3.77. The summed E-state index contributed by atoms with van der Waals surface area (Å²) in [6.07, 6.45) is 0. The molecule has 0 spiro atoms. The molecule has 0 saturated carbocycles. The fourth-order valence-corrected chi connectivity index (χ4v) is 3.07. The van der Waals surface area contributed by atoms with Crippen molar-refractivity contribution in [1.29, 1.82) is 0 Å². The first kappa shape index (κ1) is 12.7. The van der Waals surface area contributed by atoms with E-state index in [1.54, 1.807) is 7.11 Å². The first-order chi connectivity index (χ1) is 9.29. The van der Waals surface area contributed by atoms with Crippen LogP contribution in [-0.4, -0.2) is 7.11 Å². The lowest BCUT2D eigenvalue weighted by atomic mass is 10.00. The average Bonchev–Trinajstić information content (AvgIpc) is 2.93. The van der Waals surface area contributed by atoms with Crippen molar-refractivity contribution in [3.63, 3.8) is 0 Å². The van der Waals surface area contributed by atoms with E-state index in [0.29, 0.717) is 0 Å². The number of alkyl halides is 1. The SMILES string of the molecule is COc1ccccc1C(Br)c1ccc2c(c1)COC2. The molecule has 0 N–H and O–H groups in total. The molecule has 98 valence electrons. The molecule has 0 fully saturated rings. The van der Waals surface area contributed by atoms with Crippen molar-refractivity contribution in [2.45, 2.75) is 18.0 Å². The van der Waals surface area contributed by atoms with Gasteiger partial charge in [0.2, 0.25) is 0 Å². The van der Waals surface area contributed by atoms with Crippen LogP contribution in [0.2, 0.25) is 0 Å². The third kappa shape index (κ3) is 2.40. The summed E-state index contributed by atoms with van der Waals surface area (Å²) in [7, 11) is 1.70. The van der Waals surface area contributed by atoms with Crippen molar-refractivity contribution in [2.75, 3.05) is 7.11 Å². The third-order valence-corrected chi connectivity index (χ3v) is 4.47. The zero-order chi connectivity index (χ0) is 13.2. The fraction of sp³-hybridized carbons (Fsp3) is 0.250. The van der Waals surface area contributed by atoms with Gasteiger partial charge in [-0.25, -0.2) is 0 Å². The topological polar surface area (TPSA) is 18.5 Å². The first-order valence-corrected chi connectivity index (χ1v) is 7.17. The van der Waals surface area contributed by atoms with Crippen LogP contribution in [0.5, 0.6) is 5.75 Å². The molecule has 3 heteroatoms. The highest BCUT2D eigenvalue weighted by molar-refractivity contribution is 9.09. The van der Waals surface area contributed by atoms with E-state index in [0.717, 1.165) is 24.5 Å². The molecule has 2 nitrogen and oxygen atoms in total. The summed E-state index contributed by atoms with van der Waals surface area (Å²) in [4.78, 5) is 0.134. The average molecular weight is 319 g/mol. The lowest BCUT2D eigenvalue weighted by molar-refractivity contribution is 0.134. The molecular formula is C16H15BrO2. The van der Waals surface area contributed by atoms with Crippen LogP contribution < -0.4 is 4.74 Å². The van der Waals surface area contributed by atoms with E-state index >= 15 is 0 Å². The number of halogens is 1. The molecule has 2 aromatic carbocycles. The lowest BCUT2D eigenvalue weighted by Gasteiger charge is -2.15. The van der Waals surface area contributed by atoms with Gasteiger partial charge in [0.1, 0.15) is 5.75 Å². The molecule has 0 bridgehead atoms. The van der Waals surface area contributed by atoms with Crippen LogP contribution in [-0.2, 0) is 18.0 Å². The molecule has 0 aromatic heterocycles. The second kappa shape index (κ2) is 5.35. The minimum atomic E-state index is 0.134. The molecule has 1 atom stereocenters. The summed E-state index contributed by atoms with van der Waals surface area (Å²) in [5.74, 6) is 0.904. The van der Waals surface area contributed by atoms with Crippen molar-refractivity contribution < 1.29 is 9.47 Å². The normalized spacial score (nSPS) is 15.1. The second-order valence-electron chi connectivity index (χ2n) is 4.63. The van der Waals surface area contributed by atoms with Crippen LogP contribution in [0.25, 0.3) is 0 Å². The van der Waals surface area contributed by atoms with Crippen molar-refractivity contribution in [3.05, 3.63) is 64.7 Å². The predicted molar refractivity (Wildman–Crippen MR) is 78.7 cm³/mol. The highest BCUT2D eigenvalue weighted by Gasteiger charge is 2.18. The lowest BCUT2D eigenvalue weighted by Crippen LogP contribution is -1.98. The molecule has 3 rings (SSSR count). The Morgan fingerprint density at radius 2 is 1.89 bits per heavy atom. The Labute approximate surface area is 121 Å². The maximum Gasteiger partial charge on any atom is 0.123 e. The van der Waals surface area contributed by atoms with E-state index in [2.05, 4.69) is 40.2 Å². The van der Waals surface area contributed by atoms with Crippen LogP contribution in [0.1, 0.15) is 27.1 Å². The molecule has 0 amide bonds. The molecule has 0 radical (unpaired) electrons. The molecule has 1 aliphatic rings. The monoisotopic (exact) mass is 318 g/mol. The van der Waals surface area contributed by atoms with Gasteiger partial charge < -0.3 is 9.47 Å². The summed E-state index contributed by atoms with van der Waals surface area (Å²) in [5, 5.41) is 0. The Hall–Kier alpha value is -1.32. The van der Waals surface area contributed by atoms with Gasteiger partial charge in [0, 0.05) is 5.56 Å². The van der Waals surface area contributed by atoms with Gasteiger partial charge >= 0.3 is 0 Å². The van der Waals surface area contributed by atoms with Gasteiger partial charge in [-0.15, -0.1) is 0 Å². The summed E-state index contributed by atoms with van der Waals surface area (Å²) in [6.45, 7) is 1.45. The van der Waals surface area contributed by atoms with Gasteiger partial charge in [0.25, 0.3) is 0 Å². The number of rotatable bonds is 3. The number of hydrogen-bond donors (Lipinski definition) is 0. The quantitative estimate of drug-likeness (QED) is 0.789. The number of ether oxygens (including phenoxy) is 2. The van der Waals surface area contributed by atoms with Crippen molar-refractivity contribution in [1.82, 2.24) is 0 Å². The highest BCUT2D eigenvalue weighted by Crippen LogP contribution is 2.37. The van der Waals surface area contributed by atoms with Gasteiger partial charge in [-0.1, -0.05) is 52.3 Å². The Kier molecular flexibility index (Phi) is 3.58. The van der Waals surface area contributed by atoms with Crippen LogP contribution in [0.15, 0.2) is 42.5 Å². The molecule has 19 heavy (non-hydrogen) atoms. The number of hydrogen-bond acceptors (Lipinski definition) is 2. The van der Waals surface area contributed by atoms with Gasteiger partial charge in [-0.2, -0.15) is 0 Å². The van der Waals surface area contributed by atoms with Crippen LogP contribution in [0.4, 0.5) is 0 Å². The van der Waals surface area contributed by atoms with Gasteiger partial charge in [0.15, 0.2) is 0 Å². The summed E-state index contributed by atoms with van der Waals surface area (Å²) in [6, 6.07) is 14.6. The fourth-order valence-electron chi connectivity index (χ4n) is 2.40. The molecule has 0 aliphatic carbocycles. The summed E-state index contributed by atoms with van der Waals surface area (Å²) < 4.78 is 10.9. The standard InChI is InChI=1S/C16H15BrO2/c1-18-15-5-3-2-4-14(15)16(17)11-6-7-12-9-19-10-13(12)8-11/h2-8,16H,9-10H2,1H3. The van der Waals surface area contributed by atoms with Crippen LogP contribution in [0, 0.1) is 0 Å². The molecular weight excluding hydrogens is 304 g/mol. The largest absolute Gasteiger partial charge is 0.496 e. The van der Waals surface area contributed by atoms with E-state index in [4.69, 9.17) is 9.47 Å². The second-order valence-corrected chi connectivity index (χ2v) is 5.54. The summed E-state index contributed by atoms with van der Waals surface area (Å²) in [5.41, 5.74) is 4.96. The van der Waals surface area contributed by atoms with Crippen LogP contribution >= 0.6 is 15.9 Å². The van der Waals surface area contributed by atoms with E-state index in [1.165, 1.54) is 16.7 Å². The smallest absolute Gasteiger partial charge is 0.123 e. The maximum absolute atomic E-state index is 5.46. The van der Waals surface area contributed by atoms with Gasteiger partial charge in [-0.05, 0) is 22.8 Å². The minimum Gasteiger partial charge on any atom is -0.496 e.